The van der Waals surface area contributed by atoms with Gasteiger partial charge in [0, 0.05) is 34.9 Å². The Hall–Kier alpha value is -2.19. The first-order chi connectivity index (χ1) is 12.1. The standard InChI is InChI=1S/C17H16FN3O2S2/c1-11-8-15(21-23-11)20-16(22)6-7-24-9-14-10-25-17(19-14)12-2-4-13(18)5-3-12/h2-5,8,10H,6-7,9H2,1H3,(H,20,21,22). The van der Waals surface area contributed by atoms with Crippen molar-refractivity contribution < 1.29 is 13.7 Å². The summed E-state index contributed by atoms with van der Waals surface area (Å²) < 4.78 is 17.9. The van der Waals surface area contributed by atoms with Crippen LogP contribution in [0.25, 0.3) is 10.6 Å². The number of hydrogen-bond acceptors (Lipinski definition) is 6. The highest BCUT2D eigenvalue weighted by Crippen LogP contribution is 2.25. The molecular weight excluding hydrogens is 361 g/mol. The first-order valence-corrected chi connectivity index (χ1v) is 9.65. The van der Waals surface area contributed by atoms with Crippen LogP contribution in [0.4, 0.5) is 10.2 Å². The molecule has 25 heavy (non-hydrogen) atoms. The van der Waals surface area contributed by atoms with E-state index < -0.39 is 0 Å². The Bertz CT molecular complexity index is 846. The van der Waals surface area contributed by atoms with Crippen molar-refractivity contribution in [3.8, 4) is 10.6 Å². The monoisotopic (exact) mass is 377 g/mol. The van der Waals surface area contributed by atoms with Gasteiger partial charge < -0.3 is 9.84 Å². The van der Waals surface area contributed by atoms with E-state index in [9.17, 15) is 9.18 Å². The van der Waals surface area contributed by atoms with Crippen molar-refractivity contribution >= 4 is 34.8 Å². The number of hydrogen-bond donors (Lipinski definition) is 1. The lowest BCUT2D eigenvalue weighted by molar-refractivity contribution is -0.115. The van der Waals surface area contributed by atoms with Crippen LogP contribution in [-0.2, 0) is 10.5 Å². The fourth-order valence-electron chi connectivity index (χ4n) is 2.07. The maximum Gasteiger partial charge on any atom is 0.226 e. The Morgan fingerprint density at radius 2 is 2.16 bits per heavy atom. The topological polar surface area (TPSA) is 68.0 Å². The Labute approximate surface area is 152 Å². The summed E-state index contributed by atoms with van der Waals surface area (Å²) in [6, 6.07) is 7.99. The fourth-order valence-corrected chi connectivity index (χ4v) is 3.83. The summed E-state index contributed by atoms with van der Waals surface area (Å²) in [4.78, 5) is 16.3. The van der Waals surface area contributed by atoms with Gasteiger partial charge in [0.2, 0.25) is 5.91 Å². The molecule has 0 aliphatic rings. The van der Waals surface area contributed by atoms with E-state index in [0.717, 1.165) is 22.0 Å². The van der Waals surface area contributed by atoms with Gasteiger partial charge in [0.15, 0.2) is 5.82 Å². The first-order valence-electron chi connectivity index (χ1n) is 7.61. The molecule has 0 atom stereocenters. The third-order valence-corrected chi connectivity index (χ3v) is 5.19. The third-order valence-electron chi connectivity index (χ3n) is 3.26. The molecule has 3 rings (SSSR count). The Kier molecular flexibility index (Phi) is 5.83. The second-order valence-corrected chi connectivity index (χ2v) is 7.29. The minimum Gasteiger partial charge on any atom is -0.360 e. The molecule has 0 bridgehead atoms. The molecule has 0 aliphatic carbocycles. The molecule has 0 saturated heterocycles. The highest BCUT2D eigenvalue weighted by Gasteiger charge is 2.08. The summed E-state index contributed by atoms with van der Waals surface area (Å²) >= 11 is 3.17. The second kappa shape index (κ2) is 8.26. The zero-order chi connectivity index (χ0) is 17.6. The van der Waals surface area contributed by atoms with Crippen molar-refractivity contribution in [2.75, 3.05) is 11.1 Å². The van der Waals surface area contributed by atoms with Gasteiger partial charge in [0.25, 0.3) is 0 Å². The fraction of sp³-hybridized carbons (Fsp3) is 0.235. The number of benzene rings is 1. The van der Waals surface area contributed by atoms with Crippen LogP contribution >= 0.6 is 23.1 Å². The number of thioether (sulfide) groups is 1. The van der Waals surface area contributed by atoms with E-state index in [4.69, 9.17) is 4.52 Å². The Balaban J connectivity index is 1.42. The number of thiazole rings is 1. The minimum atomic E-state index is -0.254. The molecule has 2 aromatic heterocycles. The molecule has 2 heterocycles. The molecular formula is C17H16FN3O2S2. The summed E-state index contributed by atoms with van der Waals surface area (Å²) in [5.74, 6) is 2.17. The van der Waals surface area contributed by atoms with Gasteiger partial charge in [0.05, 0.1) is 5.69 Å². The summed E-state index contributed by atoms with van der Waals surface area (Å²) in [6.45, 7) is 1.77. The van der Waals surface area contributed by atoms with Crippen LogP contribution in [0.15, 0.2) is 40.2 Å². The zero-order valence-corrected chi connectivity index (χ0v) is 15.1. The number of nitrogens with zero attached hydrogens (tertiary/aromatic N) is 2. The molecule has 1 aromatic carbocycles. The van der Waals surface area contributed by atoms with E-state index in [1.54, 1.807) is 36.9 Å². The van der Waals surface area contributed by atoms with E-state index in [2.05, 4.69) is 15.5 Å². The van der Waals surface area contributed by atoms with Crippen LogP contribution in [0.1, 0.15) is 17.9 Å². The molecule has 0 radical (unpaired) electrons. The van der Waals surface area contributed by atoms with E-state index in [-0.39, 0.29) is 11.7 Å². The molecule has 0 spiro atoms. The highest BCUT2D eigenvalue weighted by atomic mass is 32.2. The van der Waals surface area contributed by atoms with E-state index >= 15 is 0 Å². The third kappa shape index (κ3) is 5.14. The lowest BCUT2D eigenvalue weighted by Crippen LogP contribution is -2.12. The number of nitrogens with one attached hydrogen (secondary N) is 1. The molecule has 5 nitrogen and oxygen atoms in total. The smallest absolute Gasteiger partial charge is 0.226 e. The number of aryl methyl sites for hydroxylation is 1. The first kappa shape index (κ1) is 17.6. The van der Waals surface area contributed by atoms with Crippen LogP contribution in [0.5, 0.6) is 0 Å². The van der Waals surface area contributed by atoms with Gasteiger partial charge in [-0.25, -0.2) is 9.37 Å². The highest BCUT2D eigenvalue weighted by molar-refractivity contribution is 7.98. The quantitative estimate of drug-likeness (QED) is 0.614. The van der Waals surface area contributed by atoms with Gasteiger partial charge >= 0.3 is 0 Å². The molecule has 0 fully saturated rings. The van der Waals surface area contributed by atoms with Crippen LogP contribution < -0.4 is 5.32 Å². The number of rotatable bonds is 7. The molecule has 1 N–H and O–H groups in total. The van der Waals surface area contributed by atoms with Gasteiger partial charge in [-0.3, -0.25) is 4.79 Å². The Morgan fingerprint density at radius 1 is 1.36 bits per heavy atom. The minimum absolute atomic E-state index is 0.0916. The number of anilines is 1. The van der Waals surface area contributed by atoms with Gasteiger partial charge in [-0.1, -0.05) is 5.16 Å². The van der Waals surface area contributed by atoms with E-state index in [1.807, 2.05) is 5.38 Å². The van der Waals surface area contributed by atoms with Gasteiger partial charge in [-0.05, 0) is 31.2 Å². The van der Waals surface area contributed by atoms with E-state index in [0.29, 0.717) is 23.8 Å². The molecule has 0 unspecified atom stereocenters. The summed E-state index contributed by atoms with van der Waals surface area (Å²) in [5, 5.41) is 9.27. The number of carbonyl (C=O) groups excluding carboxylic acids is 1. The van der Waals surface area contributed by atoms with Gasteiger partial charge in [-0.15, -0.1) is 11.3 Å². The van der Waals surface area contributed by atoms with Crippen molar-refractivity contribution in [1.29, 1.82) is 0 Å². The summed E-state index contributed by atoms with van der Waals surface area (Å²) in [5.41, 5.74) is 1.87. The molecule has 8 heteroatoms. The van der Waals surface area contributed by atoms with E-state index in [1.165, 1.54) is 23.5 Å². The molecule has 130 valence electrons. The lowest BCUT2D eigenvalue weighted by Gasteiger charge is -2.01. The van der Waals surface area contributed by atoms with Gasteiger partial charge in [0.1, 0.15) is 16.6 Å². The van der Waals surface area contributed by atoms with Crippen LogP contribution in [0.2, 0.25) is 0 Å². The average molecular weight is 377 g/mol. The van der Waals surface area contributed by atoms with Crippen LogP contribution in [0, 0.1) is 12.7 Å². The Morgan fingerprint density at radius 3 is 2.88 bits per heavy atom. The normalized spacial score (nSPS) is 10.8. The largest absolute Gasteiger partial charge is 0.360 e. The molecule has 0 aliphatic heterocycles. The predicted octanol–water partition coefficient (Wildman–Crippen LogP) is 4.51. The molecule has 3 aromatic rings. The zero-order valence-electron chi connectivity index (χ0n) is 13.5. The maximum atomic E-state index is 13.0. The number of amides is 1. The van der Waals surface area contributed by atoms with Crippen molar-refractivity contribution in [2.24, 2.45) is 0 Å². The number of halogens is 1. The molecule has 0 saturated carbocycles. The number of carbonyl (C=O) groups is 1. The van der Waals surface area contributed by atoms with Crippen molar-refractivity contribution in [2.45, 2.75) is 19.1 Å². The SMILES string of the molecule is Cc1cc(NC(=O)CCSCc2csc(-c3ccc(F)cc3)n2)no1. The second-order valence-electron chi connectivity index (χ2n) is 5.32. The van der Waals surface area contributed by atoms with Crippen molar-refractivity contribution in [3.63, 3.8) is 0 Å². The summed E-state index contributed by atoms with van der Waals surface area (Å²) in [6.07, 6.45) is 0.394. The summed E-state index contributed by atoms with van der Waals surface area (Å²) in [7, 11) is 0. The number of aromatic nitrogens is 2. The van der Waals surface area contributed by atoms with Crippen LogP contribution in [-0.4, -0.2) is 21.8 Å². The molecule has 1 amide bonds. The van der Waals surface area contributed by atoms with Crippen molar-refractivity contribution in [3.05, 3.63) is 53.0 Å². The average Bonchev–Trinajstić information content (AvgIpc) is 3.21. The van der Waals surface area contributed by atoms with Crippen molar-refractivity contribution in [1.82, 2.24) is 10.1 Å². The predicted molar refractivity (Wildman–Crippen MR) is 98.2 cm³/mol. The van der Waals surface area contributed by atoms with Gasteiger partial charge in [-0.2, -0.15) is 11.8 Å². The lowest BCUT2D eigenvalue weighted by atomic mass is 10.2. The maximum absolute atomic E-state index is 13.0. The van der Waals surface area contributed by atoms with Crippen LogP contribution in [0.3, 0.4) is 0 Å².